The fourth-order valence-electron chi connectivity index (χ4n) is 4.71. The van der Waals surface area contributed by atoms with Gasteiger partial charge in [-0.1, -0.05) is 146 Å². The summed E-state index contributed by atoms with van der Waals surface area (Å²) in [5.41, 5.74) is 0. The Morgan fingerprint density at radius 3 is 1.28 bits per heavy atom. The maximum atomic E-state index is 12.5. The van der Waals surface area contributed by atoms with Crippen LogP contribution in [0.1, 0.15) is 162 Å². The Bertz CT molecular complexity index is 866. The molecule has 0 aromatic rings. The second kappa shape index (κ2) is 36.0. The van der Waals surface area contributed by atoms with Gasteiger partial charge in [0, 0.05) is 19.3 Å². The average molecular weight is 657 g/mol. The van der Waals surface area contributed by atoms with E-state index in [4.69, 9.17) is 14.2 Å². The molecule has 0 N–H and O–H groups in total. The van der Waals surface area contributed by atoms with Crippen molar-refractivity contribution < 1.29 is 28.6 Å². The molecule has 0 amide bonds. The minimum absolute atomic E-state index is 0.0977. The summed E-state index contributed by atoms with van der Waals surface area (Å²) in [6.45, 7) is 6.31. The van der Waals surface area contributed by atoms with Crippen molar-refractivity contribution in [1.29, 1.82) is 0 Å². The smallest absolute Gasteiger partial charge is 0.306 e. The van der Waals surface area contributed by atoms with Gasteiger partial charge in [-0.05, 0) is 57.8 Å². The van der Waals surface area contributed by atoms with Crippen molar-refractivity contribution in [1.82, 2.24) is 0 Å². The third kappa shape index (κ3) is 34.3. The number of ether oxygens (including phenoxy) is 3. The maximum absolute atomic E-state index is 12.5. The van der Waals surface area contributed by atoms with E-state index in [1.807, 2.05) is 0 Å². The van der Waals surface area contributed by atoms with Crippen LogP contribution >= 0.6 is 0 Å². The SMILES string of the molecule is CC/C=C\C/C=C\C/C=C\C/C=C\C/C=C\CCCC(=O)OC(COC(=O)CCCCCCCC)COC(=O)CCCCCCCC. The van der Waals surface area contributed by atoms with Crippen LogP contribution in [0.3, 0.4) is 0 Å². The Morgan fingerprint density at radius 2 is 0.830 bits per heavy atom. The fraction of sp³-hybridized carbons (Fsp3) is 0.683. The van der Waals surface area contributed by atoms with Crippen LogP contribution in [0.2, 0.25) is 0 Å². The van der Waals surface area contributed by atoms with Crippen LogP contribution < -0.4 is 0 Å². The molecule has 0 heterocycles. The number of esters is 3. The lowest BCUT2D eigenvalue weighted by Gasteiger charge is -2.18. The highest BCUT2D eigenvalue weighted by Crippen LogP contribution is 2.11. The fourth-order valence-corrected chi connectivity index (χ4v) is 4.71. The van der Waals surface area contributed by atoms with Gasteiger partial charge in [0.1, 0.15) is 13.2 Å². The second-order valence-corrected chi connectivity index (χ2v) is 12.1. The van der Waals surface area contributed by atoms with E-state index in [1.165, 1.54) is 38.5 Å². The summed E-state index contributed by atoms with van der Waals surface area (Å²) >= 11 is 0. The van der Waals surface area contributed by atoms with Gasteiger partial charge in [-0.15, -0.1) is 0 Å². The van der Waals surface area contributed by atoms with E-state index < -0.39 is 6.10 Å². The monoisotopic (exact) mass is 657 g/mol. The Hall–Kier alpha value is -2.89. The second-order valence-electron chi connectivity index (χ2n) is 12.1. The number of unbranched alkanes of at least 4 members (excludes halogenated alkanes) is 11. The van der Waals surface area contributed by atoms with Crippen LogP contribution in [0.15, 0.2) is 60.8 Å². The molecule has 0 unspecified atom stereocenters. The standard InChI is InChI=1S/C41H68O6/c1-4-7-10-13-16-17-18-19-20-21-22-23-24-25-26-29-32-35-41(44)47-38(36-45-39(42)33-30-27-14-11-8-5-2)37-46-40(43)34-31-28-15-12-9-6-3/h7,10,16-17,19-20,22-23,25-26,38H,4-6,8-9,11-15,18,21,24,27-37H2,1-3H3/b10-7-,17-16-,20-19-,23-22-,26-25-. The van der Waals surface area contributed by atoms with Gasteiger partial charge in [-0.25, -0.2) is 0 Å². The summed E-state index contributed by atoms with van der Waals surface area (Å²) < 4.78 is 16.4. The topological polar surface area (TPSA) is 78.9 Å². The van der Waals surface area contributed by atoms with E-state index in [0.29, 0.717) is 19.3 Å². The summed E-state index contributed by atoms with van der Waals surface area (Å²) in [7, 11) is 0. The molecule has 0 aromatic carbocycles. The van der Waals surface area contributed by atoms with Crippen molar-refractivity contribution in [3.05, 3.63) is 60.8 Å². The first-order valence-corrected chi connectivity index (χ1v) is 18.8. The zero-order valence-electron chi connectivity index (χ0n) is 30.3. The zero-order chi connectivity index (χ0) is 34.5. The number of hydrogen-bond acceptors (Lipinski definition) is 6. The molecule has 0 saturated heterocycles. The summed E-state index contributed by atoms with van der Waals surface area (Å²) in [4.78, 5) is 37.1. The molecule has 0 aromatic heterocycles. The first-order valence-electron chi connectivity index (χ1n) is 18.8. The van der Waals surface area contributed by atoms with Gasteiger partial charge in [0.2, 0.25) is 0 Å². The predicted octanol–water partition coefficient (Wildman–Crippen LogP) is 11.4. The highest BCUT2D eigenvalue weighted by atomic mass is 16.6. The summed E-state index contributed by atoms with van der Waals surface area (Å²) in [6.07, 6.45) is 41.1. The third-order valence-corrected chi connectivity index (χ3v) is 7.54. The van der Waals surface area contributed by atoms with Crippen LogP contribution in [-0.4, -0.2) is 37.2 Å². The van der Waals surface area contributed by atoms with Crippen LogP contribution in [0.25, 0.3) is 0 Å². The number of carbonyl (C=O) groups excluding carboxylic acids is 3. The average Bonchev–Trinajstić information content (AvgIpc) is 3.06. The summed E-state index contributed by atoms with van der Waals surface area (Å²) in [5.74, 6) is -0.988. The van der Waals surface area contributed by atoms with Gasteiger partial charge in [0.15, 0.2) is 6.10 Å². The molecule has 0 aliphatic rings. The number of allylic oxidation sites excluding steroid dienone is 10. The molecular weight excluding hydrogens is 588 g/mol. The quantitative estimate of drug-likeness (QED) is 0.0310. The molecular formula is C41H68O6. The first-order chi connectivity index (χ1) is 23.0. The van der Waals surface area contributed by atoms with E-state index >= 15 is 0 Å². The Morgan fingerprint density at radius 1 is 0.447 bits per heavy atom. The van der Waals surface area contributed by atoms with Crippen LogP contribution in [0, 0.1) is 0 Å². The normalized spacial score (nSPS) is 12.1. The van der Waals surface area contributed by atoms with Crippen molar-refractivity contribution in [3.8, 4) is 0 Å². The van der Waals surface area contributed by atoms with Crippen molar-refractivity contribution in [2.75, 3.05) is 13.2 Å². The van der Waals surface area contributed by atoms with Crippen molar-refractivity contribution >= 4 is 17.9 Å². The third-order valence-electron chi connectivity index (χ3n) is 7.54. The molecule has 0 aliphatic heterocycles. The number of carbonyl (C=O) groups is 3. The predicted molar refractivity (Wildman–Crippen MR) is 196 cm³/mol. The van der Waals surface area contributed by atoms with E-state index in [-0.39, 0.29) is 37.5 Å². The van der Waals surface area contributed by atoms with E-state index in [9.17, 15) is 14.4 Å². The number of hydrogen-bond donors (Lipinski definition) is 0. The van der Waals surface area contributed by atoms with Gasteiger partial charge in [0.05, 0.1) is 0 Å². The molecule has 0 aliphatic carbocycles. The first kappa shape index (κ1) is 44.1. The Labute approximate surface area is 288 Å². The largest absolute Gasteiger partial charge is 0.462 e. The lowest BCUT2D eigenvalue weighted by atomic mass is 10.1. The number of rotatable bonds is 32. The van der Waals surface area contributed by atoms with Gasteiger partial charge in [0.25, 0.3) is 0 Å². The van der Waals surface area contributed by atoms with E-state index in [2.05, 4.69) is 81.5 Å². The van der Waals surface area contributed by atoms with E-state index in [0.717, 1.165) is 77.0 Å². The molecule has 0 spiro atoms. The maximum Gasteiger partial charge on any atom is 0.306 e. The minimum Gasteiger partial charge on any atom is -0.462 e. The van der Waals surface area contributed by atoms with E-state index in [1.54, 1.807) is 0 Å². The Balaban J connectivity index is 4.40. The zero-order valence-corrected chi connectivity index (χ0v) is 30.3. The molecule has 268 valence electrons. The molecule has 0 rings (SSSR count). The molecule has 0 radical (unpaired) electrons. The molecule has 6 nitrogen and oxygen atoms in total. The van der Waals surface area contributed by atoms with Gasteiger partial charge < -0.3 is 14.2 Å². The minimum atomic E-state index is -0.793. The van der Waals surface area contributed by atoms with Gasteiger partial charge >= 0.3 is 17.9 Å². The molecule has 47 heavy (non-hydrogen) atoms. The van der Waals surface area contributed by atoms with Gasteiger partial charge in [-0.2, -0.15) is 0 Å². The Kier molecular flexibility index (Phi) is 33.7. The highest BCUT2D eigenvalue weighted by Gasteiger charge is 2.19. The van der Waals surface area contributed by atoms with Gasteiger partial charge in [-0.3, -0.25) is 14.4 Å². The molecule has 0 saturated carbocycles. The highest BCUT2D eigenvalue weighted by molar-refractivity contribution is 5.71. The lowest BCUT2D eigenvalue weighted by molar-refractivity contribution is -0.167. The molecule has 0 fully saturated rings. The van der Waals surface area contributed by atoms with Crippen LogP contribution in [-0.2, 0) is 28.6 Å². The van der Waals surface area contributed by atoms with Crippen molar-refractivity contribution in [3.63, 3.8) is 0 Å². The molecule has 0 bridgehead atoms. The molecule has 6 heteroatoms. The molecule has 0 atom stereocenters. The summed E-state index contributed by atoms with van der Waals surface area (Å²) in [5, 5.41) is 0. The summed E-state index contributed by atoms with van der Waals surface area (Å²) in [6, 6.07) is 0. The van der Waals surface area contributed by atoms with Crippen LogP contribution in [0.5, 0.6) is 0 Å². The van der Waals surface area contributed by atoms with Crippen molar-refractivity contribution in [2.24, 2.45) is 0 Å². The van der Waals surface area contributed by atoms with Crippen molar-refractivity contribution in [2.45, 2.75) is 168 Å². The van der Waals surface area contributed by atoms with Crippen LogP contribution in [0.4, 0.5) is 0 Å². The lowest BCUT2D eigenvalue weighted by Crippen LogP contribution is -2.30.